The summed E-state index contributed by atoms with van der Waals surface area (Å²) in [7, 11) is -4.76. The van der Waals surface area contributed by atoms with Crippen LogP contribution in [0.15, 0.2) is 48.6 Å². The third-order valence-corrected chi connectivity index (χ3v) is 7.31. The molecule has 0 fully saturated rings. The van der Waals surface area contributed by atoms with Gasteiger partial charge in [0.05, 0.1) is 6.61 Å². The average molecular weight is 641 g/mol. The van der Waals surface area contributed by atoms with E-state index in [-0.39, 0.29) is 19.4 Å². The number of phosphoric ester groups is 1. The van der Waals surface area contributed by atoms with Crippen molar-refractivity contribution >= 4 is 19.8 Å². The second kappa shape index (κ2) is 31.0. The first-order valence-electron chi connectivity index (χ1n) is 16.9. The minimum Gasteiger partial charge on any atom is -0.462 e. The molecule has 44 heavy (non-hydrogen) atoms. The van der Waals surface area contributed by atoms with Gasteiger partial charge in [-0.25, -0.2) is 4.57 Å². The van der Waals surface area contributed by atoms with E-state index < -0.39 is 32.5 Å². The minimum atomic E-state index is -4.76. The third kappa shape index (κ3) is 32.9. The Kier molecular flexibility index (Phi) is 29.6. The van der Waals surface area contributed by atoms with Crippen LogP contribution in [0.3, 0.4) is 0 Å². The van der Waals surface area contributed by atoms with E-state index in [0.29, 0.717) is 12.8 Å². The highest BCUT2D eigenvalue weighted by Crippen LogP contribution is 2.35. The van der Waals surface area contributed by atoms with Gasteiger partial charge in [0.2, 0.25) is 0 Å². The standard InChI is InChI=1S/C35H61O8P/c1-3-5-7-9-11-13-15-16-17-18-20-22-24-26-28-30-35(37)43-33(32-42-44(38,39)40)31-41-34(36)29-27-25-23-21-19-14-12-10-8-6-4-2/h10-13,16-17,20,22,33H,3-9,14-15,18-19,21,23-32H2,1-2H3,(H2,38,39,40)/b12-10-,13-11-,17-16-,22-20-/t33-/m1/s1. The van der Waals surface area contributed by atoms with Gasteiger partial charge in [0.1, 0.15) is 6.61 Å². The molecule has 1 atom stereocenters. The summed E-state index contributed by atoms with van der Waals surface area (Å²) in [5, 5.41) is 0. The number of unbranched alkanes of at least 4 members (excludes halogenated alkanes) is 12. The molecule has 0 rings (SSSR count). The Hall–Kier alpha value is -1.99. The van der Waals surface area contributed by atoms with Crippen molar-refractivity contribution in [3.05, 3.63) is 48.6 Å². The molecule has 0 unspecified atom stereocenters. The van der Waals surface area contributed by atoms with E-state index in [9.17, 15) is 14.2 Å². The number of phosphoric acid groups is 1. The molecule has 2 N–H and O–H groups in total. The number of rotatable bonds is 30. The summed E-state index contributed by atoms with van der Waals surface area (Å²) in [4.78, 5) is 42.5. The first-order valence-corrected chi connectivity index (χ1v) is 18.5. The number of hydrogen-bond acceptors (Lipinski definition) is 6. The normalized spacial score (nSPS) is 13.1. The Morgan fingerprint density at radius 2 is 1.05 bits per heavy atom. The number of allylic oxidation sites excluding steroid dienone is 8. The molecule has 0 aliphatic rings. The molecule has 0 bridgehead atoms. The van der Waals surface area contributed by atoms with Gasteiger partial charge in [-0.2, -0.15) is 0 Å². The van der Waals surface area contributed by atoms with E-state index >= 15 is 0 Å². The van der Waals surface area contributed by atoms with Crippen LogP contribution in [0.5, 0.6) is 0 Å². The van der Waals surface area contributed by atoms with Gasteiger partial charge >= 0.3 is 19.8 Å². The van der Waals surface area contributed by atoms with Crippen molar-refractivity contribution in [2.75, 3.05) is 13.2 Å². The molecule has 0 aliphatic carbocycles. The van der Waals surface area contributed by atoms with Gasteiger partial charge < -0.3 is 19.3 Å². The lowest BCUT2D eigenvalue weighted by molar-refractivity contribution is -0.161. The summed E-state index contributed by atoms with van der Waals surface area (Å²) in [6, 6.07) is 0. The average Bonchev–Trinajstić information content (AvgIpc) is 2.98. The summed E-state index contributed by atoms with van der Waals surface area (Å²) < 4.78 is 26.1. The second-order valence-corrected chi connectivity index (χ2v) is 12.4. The fourth-order valence-electron chi connectivity index (χ4n) is 4.24. The molecule has 0 amide bonds. The molecule has 254 valence electrons. The highest BCUT2D eigenvalue weighted by molar-refractivity contribution is 7.46. The Morgan fingerprint density at radius 1 is 0.591 bits per heavy atom. The van der Waals surface area contributed by atoms with Crippen molar-refractivity contribution < 1.29 is 37.9 Å². The molecule has 0 aliphatic heterocycles. The van der Waals surface area contributed by atoms with E-state index in [0.717, 1.165) is 70.6 Å². The molecule has 0 saturated carbocycles. The van der Waals surface area contributed by atoms with Crippen LogP contribution >= 0.6 is 7.82 Å². The van der Waals surface area contributed by atoms with E-state index in [1.54, 1.807) is 0 Å². The maximum atomic E-state index is 12.3. The minimum absolute atomic E-state index is 0.160. The summed E-state index contributed by atoms with van der Waals surface area (Å²) in [6.45, 7) is 3.54. The van der Waals surface area contributed by atoms with Crippen molar-refractivity contribution in [3.63, 3.8) is 0 Å². The van der Waals surface area contributed by atoms with Crippen LogP contribution in [0, 0.1) is 0 Å². The van der Waals surface area contributed by atoms with Gasteiger partial charge in [0.25, 0.3) is 0 Å². The number of carbonyl (C=O) groups excluding carboxylic acids is 2. The zero-order valence-corrected chi connectivity index (χ0v) is 28.4. The van der Waals surface area contributed by atoms with E-state index in [2.05, 4.69) is 67.0 Å². The van der Waals surface area contributed by atoms with Crippen LogP contribution in [0.25, 0.3) is 0 Å². The Labute approximate surface area is 267 Å². The van der Waals surface area contributed by atoms with E-state index in [1.165, 1.54) is 32.1 Å². The fourth-order valence-corrected chi connectivity index (χ4v) is 4.60. The zero-order valence-electron chi connectivity index (χ0n) is 27.5. The summed E-state index contributed by atoms with van der Waals surface area (Å²) >= 11 is 0. The molecular weight excluding hydrogens is 579 g/mol. The van der Waals surface area contributed by atoms with Gasteiger partial charge in [-0.1, -0.05) is 107 Å². The number of ether oxygens (including phenoxy) is 2. The SMILES string of the molecule is CCCC/C=C\CCCCCCCC(=O)OC[C@H](COP(=O)(O)O)OC(=O)CCCC/C=C\C/C=C\C/C=C\CCCCC. The van der Waals surface area contributed by atoms with Crippen molar-refractivity contribution in [2.24, 2.45) is 0 Å². The van der Waals surface area contributed by atoms with Crippen molar-refractivity contribution in [3.8, 4) is 0 Å². The summed E-state index contributed by atoms with van der Waals surface area (Å²) in [5.41, 5.74) is 0. The summed E-state index contributed by atoms with van der Waals surface area (Å²) in [5.74, 6) is -0.947. The number of hydrogen-bond donors (Lipinski definition) is 2. The highest BCUT2D eigenvalue weighted by Gasteiger charge is 2.22. The van der Waals surface area contributed by atoms with Gasteiger partial charge in [-0.3, -0.25) is 14.1 Å². The Bertz CT molecular complexity index is 859. The zero-order chi connectivity index (χ0) is 32.6. The molecule has 0 heterocycles. The maximum Gasteiger partial charge on any atom is 0.469 e. The van der Waals surface area contributed by atoms with Crippen molar-refractivity contribution in [1.82, 2.24) is 0 Å². The second-order valence-electron chi connectivity index (χ2n) is 11.1. The lowest BCUT2D eigenvalue weighted by Gasteiger charge is -2.18. The number of carbonyl (C=O) groups is 2. The van der Waals surface area contributed by atoms with Gasteiger partial charge in [-0.15, -0.1) is 0 Å². The number of esters is 2. The Morgan fingerprint density at radius 3 is 1.66 bits per heavy atom. The predicted octanol–water partition coefficient (Wildman–Crippen LogP) is 9.62. The first-order chi connectivity index (χ1) is 21.3. The largest absolute Gasteiger partial charge is 0.469 e. The van der Waals surface area contributed by atoms with Crippen LogP contribution in [-0.2, 0) is 28.2 Å². The van der Waals surface area contributed by atoms with Crippen LogP contribution in [0.1, 0.15) is 142 Å². The molecule has 0 aromatic carbocycles. The molecule has 0 spiro atoms. The molecule has 0 aromatic heterocycles. The maximum absolute atomic E-state index is 12.3. The predicted molar refractivity (Wildman–Crippen MR) is 179 cm³/mol. The van der Waals surface area contributed by atoms with Crippen LogP contribution in [-0.4, -0.2) is 41.0 Å². The van der Waals surface area contributed by atoms with E-state index in [4.69, 9.17) is 19.3 Å². The molecular formula is C35H61O8P. The first kappa shape index (κ1) is 42.0. The highest BCUT2D eigenvalue weighted by atomic mass is 31.2. The fraction of sp³-hybridized carbons (Fsp3) is 0.714. The molecule has 8 nitrogen and oxygen atoms in total. The monoisotopic (exact) mass is 640 g/mol. The van der Waals surface area contributed by atoms with Crippen LogP contribution in [0.4, 0.5) is 0 Å². The molecule has 9 heteroatoms. The Balaban J connectivity index is 4.12. The van der Waals surface area contributed by atoms with Crippen molar-refractivity contribution in [2.45, 2.75) is 148 Å². The van der Waals surface area contributed by atoms with Gasteiger partial charge in [0, 0.05) is 12.8 Å². The van der Waals surface area contributed by atoms with E-state index in [1.807, 2.05) is 0 Å². The van der Waals surface area contributed by atoms with Gasteiger partial charge in [0.15, 0.2) is 6.10 Å². The van der Waals surface area contributed by atoms with Crippen LogP contribution < -0.4 is 0 Å². The summed E-state index contributed by atoms with van der Waals surface area (Å²) in [6.07, 6.45) is 35.5. The molecule has 0 aromatic rings. The quantitative estimate of drug-likeness (QED) is 0.0345. The van der Waals surface area contributed by atoms with Gasteiger partial charge in [-0.05, 0) is 70.6 Å². The van der Waals surface area contributed by atoms with Crippen LogP contribution in [0.2, 0.25) is 0 Å². The molecule has 0 radical (unpaired) electrons. The molecule has 0 saturated heterocycles. The lowest BCUT2D eigenvalue weighted by Crippen LogP contribution is -2.29. The topological polar surface area (TPSA) is 119 Å². The third-order valence-electron chi connectivity index (χ3n) is 6.82. The van der Waals surface area contributed by atoms with Crippen molar-refractivity contribution in [1.29, 1.82) is 0 Å². The smallest absolute Gasteiger partial charge is 0.462 e. The lowest BCUT2D eigenvalue weighted by atomic mass is 10.1.